The maximum atomic E-state index is 12.5. The second-order valence-corrected chi connectivity index (χ2v) is 7.10. The van der Waals surface area contributed by atoms with Gasteiger partial charge in [0, 0.05) is 38.1 Å². The molecule has 138 valence electrons. The molecule has 0 bridgehead atoms. The molecule has 0 spiro atoms. The number of nitrogens with zero attached hydrogens (tertiary/aromatic N) is 1. The van der Waals surface area contributed by atoms with Crippen molar-refractivity contribution in [3.63, 3.8) is 0 Å². The molecule has 1 aromatic carbocycles. The quantitative estimate of drug-likeness (QED) is 0.861. The Bertz CT molecular complexity index is 590. The zero-order chi connectivity index (χ0) is 17.6. The van der Waals surface area contributed by atoms with Crippen LogP contribution in [-0.4, -0.2) is 50.9 Å². The van der Waals surface area contributed by atoms with Gasteiger partial charge in [0.2, 0.25) is 0 Å². The van der Waals surface area contributed by atoms with Crippen molar-refractivity contribution in [2.24, 2.45) is 5.92 Å². The first-order chi connectivity index (χ1) is 12.2. The van der Waals surface area contributed by atoms with Crippen molar-refractivity contribution in [3.05, 3.63) is 29.3 Å². The van der Waals surface area contributed by atoms with E-state index in [2.05, 4.69) is 17.4 Å². The van der Waals surface area contributed by atoms with Crippen LogP contribution in [0.5, 0.6) is 5.75 Å². The van der Waals surface area contributed by atoms with Crippen molar-refractivity contribution >= 4 is 6.03 Å². The predicted octanol–water partition coefficient (Wildman–Crippen LogP) is 3.18. The number of hydrogen-bond donors (Lipinski definition) is 1. The van der Waals surface area contributed by atoms with Crippen molar-refractivity contribution < 1.29 is 14.3 Å². The third-order valence-corrected chi connectivity index (χ3v) is 5.42. The van der Waals surface area contributed by atoms with Crippen LogP contribution in [-0.2, 0) is 11.2 Å². The van der Waals surface area contributed by atoms with Gasteiger partial charge in [-0.1, -0.05) is 6.07 Å². The third-order valence-electron chi connectivity index (χ3n) is 5.42. The van der Waals surface area contributed by atoms with Crippen molar-refractivity contribution in [3.8, 4) is 5.75 Å². The highest BCUT2D eigenvalue weighted by Gasteiger charge is 2.27. The second kappa shape index (κ2) is 8.56. The number of hydrogen-bond acceptors (Lipinski definition) is 3. The van der Waals surface area contributed by atoms with Gasteiger partial charge in [0.1, 0.15) is 5.75 Å². The van der Waals surface area contributed by atoms with Gasteiger partial charge in [-0.3, -0.25) is 0 Å². The fourth-order valence-electron chi connectivity index (χ4n) is 3.99. The summed E-state index contributed by atoms with van der Waals surface area (Å²) in [6, 6.07) is 6.40. The van der Waals surface area contributed by atoms with Crippen LogP contribution in [0.25, 0.3) is 0 Å². The lowest BCUT2D eigenvalue weighted by Crippen LogP contribution is -2.40. The fraction of sp³-hybridized carbons (Fsp3) is 0.650. The molecule has 2 amide bonds. The summed E-state index contributed by atoms with van der Waals surface area (Å²) >= 11 is 0. The Kier molecular flexibility index (Phi) is 6.19. The second-order valence-electron chi connectivity index (χ2n) is 7.10. The number of aryl methyl sites for hydroxylation is 1. The number of benzene rings is 1. The highest BCUT2D eigenvalue weighted by molar-refractivity contribution is 5.74. The van der Waals surface area contributed by atoms with E-state index in [0.29, 0.717) is 18.4 Å². The van der Waals surface area contributed by atoms with E-state index in [-0.39, 0.29) is 6.03 Å². The standard InChI is InChI=1S/C20H30N2O3/c1-3-25-14-15-9-10-22(13-15)20(23)21-12-17-6-4-5-16-11-18(24-2)7-8-19(16)17/h7-8,11,15,17H,3-6,9-10,12-14H2,1-2H3,(H,21,23)/t15-,17-/m1/s1. The molecule has 1 aromatic rings. The molecule has 1 N–H and O–H groups in total. The first-order valence-electron chi connectivity index (χ1n) is 9.48. The highest BCUT2D eigenvalue weighted by Crippen LogP contribution is 2.33. The first-order valence-corrected chi connectivity index (χ1v) is 9.48. The van der Waals surface area contributed by atoms with Gasteiger partial charge in [-0.15, -0.1) is 0 Å². The van der Waals surface area contributed by atoms with Gasteiger partial charge in [-0.25, -0.2) is 4.79 Å². The normalized spacial score (nSPS) is 22.6. The molecule has 1 saturated heterocycles. The number of methoxy groups -OCH3 is 1. The summed E-state index contributed by atoms with van der Waals surface area (Å²) < 4.78 is 10.8. The van der Waals surface area contributed by atoms with E-state index in [0.717, 1.165) is 51.3 Å². The maximum Gasteiger partial charge on any atom is 0.317 e. The summed E-state index contributed by atoms with van der Waals surface area (Å²) in [5, 5.41) is 3.16. The summed E-state index contributed by atoms with van der Waals surface area (Å²) in [7, 11) is 1.71. The summed E-state index contributed by atoms with van der Waals surface area (Å²) in [5.74, 6) is 1.80. The Morgan fingerprint density at radius 1 is 1.36 bits per heavy atom. The number of carbonyl (C=O) groups is 1. The van der Waals surface area contributed by atoms with Crippen molar-refractivity contribution in [2.75, 3.05) is 40.0 Å². The molecule has 0 radical (unpaired) electrons. The number of nitrogens with one attached hydrogen (secondary N) is 1. The van der Waals surface area contributed by atoms with E-state index in [1.54, 1.807) is 7.11 Å². The van der Waals surface area contributed by atoms with E-state index in [1.165, 1.54) is 17.5 Å². The zero-order valence-electron chi connectivity index (χ0n) is 15.4. The van der Waals surface area contributed by atoms with Gasteiger partial charge < -0.3 is 19.7 Å². The van der Waals surface area contributed by atoms with Gasteiger partial charge in [0.15, 0.2) is 0 Å². The minimum atomic E-state index is 0.0691. The Labute approximate surface area is 150 Å². The Hall–Kier alpha value is -1.75. The van der Waals surface area contributed by atoms with Crippen molar-refractivity contribution in [2.45, 2.75) is 38.5 Å². The molecule has 1 aliphatic heterocycles. The monoisotopic (exact) mass is 346 g/mol. The van der Waals surface area contributed by atoms with Crippen LogP contribution in [0.1, 0.15) is 43.2 Å². The lowest BCUT2D eigenvalue weighted by molar-refractivity contribution is 0.113. The number of fused-ring (bicyclic) bond motifs is 1. The van der Waals surface area contributed by atoms with Crippen LogP contribution in [0, 0.1) is 5.92 Å². The number of ether oxygens (including phenoxy) is 2. The van der Waals surface area contributed by atoms with Crippen LogP contribution in [0.4, 0.5) is 4.79 Å². The molecule has 0 aromatic heterocycles. The minimum absolute atomic E-state index is 0.0691. The van der Waals surface area contributed by atoms with Crippen LogP contribution >= 0.6 is 0 Å². The summed E-state index contributed by atoms with van der Waals surface area (Å²) in [5.41, 5.74) is 2.73. The van der Waals surface area contributed by atoms with E-state index < -0.39 is 0 Å². The first kappa shape index (κ1) is 18.1. The average molecular weight is 346 g/mol. The minimum Gasteiger partial charge on any atom is -0.497 e. The largest absolute Gasteiger partial charge is 0.497 e. The number of urea groups is 1. The Balaban J connectivity index is 1.52. The molecule has 5 heteroatoms. The molecule has 0 unspecified atom stereocenters. The van der Waals surface area contributed by atoms with Gasteiger partial charge in [-0.05, 0) is 55.9 Å². The van der Waals surface area contributed by atoms with E-state index >= 15 is 0 Å². The van der Waals surface area contributed by atoms with Crippen LogP contribution < -0.4 is 10.1 Å². The summed E-state index contributed by atoms with van der Waals surface area (Å²) in [6.45, 7) is 5.88. The molecule has 1 aliphatic carbocycles. The van der Waals surface area contributed by atoms with Crippen LogP contribution in [0.3, 0.4) is 0 Å². The summed E-state index contributed by atoms with van der Waals surface area (Å²) in [4.78, 5) is 14.4. The molecule has 3 rings (SSSR count). The number of rotatable bonds is 6. The van der Waals surface area contributed by atoms with Crippen molar-refractivity contribution in [1.29, 1.82) is 0 Å². The van der Waals surface area contributed by atoms with Gasteiger partial charge in [0.05, 0.1) is 13.7 Å². The predicted molar refractivity (Wildman–Crippen MR) is 98.2 cm³/mol. The molecule has 25 heavy (non-hydrogen) atoms. The molecule has 1 fully saturated rings. The highest BCUT2D eigenvalue weighted by atomic mass is 16.5. The number of amides is 2. The van der Waals surface area contributed by atoms with E-state index in [4.69, 9.17) is 9.47 Å². The van der Waals surface area contributed by atoms with E-state index in [1.807, 2.05) is 17.9 Å². The average Bonchev–Trinajstić information content (AvgIpc) is 3.12. The van der Waals surface area contributed by atoms with Crippen molar-refractivity contribution in [1.82, 2.24) is 10.2 Å². The van der Waals surface area contributed by atoms with E-state index in [9.17, 15) is 4.79 Å². The van der Waals surface area contributed by atoms with Crippen LogP contribution in [0.2, 0.25) is 0 Å². The Morgan fingerprint density at radius 2 is 2.24 bits per heavy atom. The maximum absolute atomic E-state index is 12.5. The van der Waals surface area contributed by atoms with Gasteiger partial charge in [0.25, 0.3) is 0 Å². The number of likely N-dealkylation sites (tertiary alicyclic amines) is 1. The lowest BCUT2D eigenvalue weighted by atomic mass is 9.82. The molecule has 2 atom stereocenters. The van der Waals surface area contributed by atoms with Gasteiger partial charge >= 0.3 is 6.03 Å². The zero-order valence-corrected chi connectivity index (χ0v) is 15.4. The number of carbonyl (C=O) groups excluding carboxylic acids is 1. The molecule has 1 heterocycles. The SMILES string of the molecule is CCOC[C@@H]1CCN(C(=O)NC[C@H]2CCCc3cc(OC)ccc32)C1. The summed E-state index contributed by atoms with van der Waals surface area (Å²) in [6.07, 6.45) is 4.44. The molecule has 2 aliphatic rings. The lowest BCUT2D eigenvalue weighted by Gasteiger charge is -2.27. The smallest absolute Gasteiger partial charge is 0.317 e. The third kappa shape index (κ3) is 4.46. The molecular formula is C20H30N2O3. The Morgan fingerprint density at radius 3 is 3.04 bits per heavy atom. The molecule has 0 saturated carbocycles. The molecular weight excluding hydrogens is 316 g/mol. The topological polar surface area (TPSA) is 50.8 Å². The molecule has 5 nitrogen and oxygen atoms in total. The van der Waals surface area contributed by atoms with Gasteiger partial charge in [-0.2, -0.15) is 0 Å². The fourth-order valence-corrected chi connectivity index (χ4v) is 3.99. The van der Waals surface area contributed by atoms with Crippen LogP contribution in [0.15, 0.2) is 18.2 Å².